The summed E-state index contributed by atoms with van der Waals surface area (Å²) in [5.41, 5.74) is 4.29. The standard InChI is InChI=1S/C24H20N6O5/c1-30-21(17(11-25-30)23(32)33)27-22(31)19-10-20(29-28-19)26-24(34)35-12-18-15-8-4-2-6-13(15)14-7-3-5-9-16(14)18/h2-11,18H,12H2,1H3,(H,27,31)(H,32,33)(H2,26,28,29,34). The summed E-state index contributed by atoms with van der Waals surface area (Å²) in [6.07, 6.45) is 0.416. The lowest BCUT2D eigenvalue weighted by atomic mass is 9.98. The predicted molar refractivity (Wildman–Crippen MR) is 125 cm³/mol. The van der Waals surface area contributed by atoms with E-state index in [1.165, 1.54) is 17.8 Å². The van der Waals surface area contributed by atoms with Gasteiger partial charge >= 0.3 is 12.1 Å². The van der Waals surface area contributed by atoms with E-state index in [9.17, 15) is 19.5 Å². The van der Waals surface area contributed by atoms with E-state index in [0.717, 1.165) is 28.5 Å². The molecule has 35 heavy (non-hydrogen) atoms. The lowest BCUT2D eigenvalue weighted by Gasteiger charge is -2.14. The molecule has 0 saturated carbocycles. The number of rotatable bonds is 6. The third kappa shape index (κ3) is 4.10. The Morgan fingerprint density at radius 2 is 1.71 bits per heavy atom. The molecule has 11 nitrogen and oxygen atoms in total. The minimum Gasteiger partial charge on any atom is -0.477 e. The van der Waals surface area contributed by atoms with Crippen molar-refractivity contribution in [2.75, 3.05) is 17.2 Å². The van der Waals surface area contributed by atoms with Gasteiger partial charge in [-0.05, 0) is 22.3 Å². The minimum atomic E-state index is -1.23. The van der Waals surface area contributed by atoms with E-state index in [0.29, 0.717) is 0 Å². The fraction of sp³-hybridized carbons (Fsp3) is 0.125. The molecule has 176 valence electrons. The van der Waals surface area contributed by atoms with Crippen LogP contribution in [0.3, 0.4) is 0 Å². The van der Waals surface area contributed by atoms with Crippen molar-refractivity contribution < 1.29 is 24.2 Å². The van der Waals surface area contributed by atoms with Crippen molar-refractivity contribution in [3.05, 3.63) is 83.2 Å². The first-order valence-electron chi connectivity index (χ1n) is 10.7. The number of ether oxygens (including phenoxy) is 1. The summed E-state index contributed by atoms with van der Waals surface area (Å²) in [6, 6.07) is 17.3. The van der Waals surface area contributed by atoms with Crippen LogP contribution >= 0.6 is 0 Å². The summed E-state index contributed by atoms with van der Waals surface area (Å²) in [6.45, 7) is 0.135. The summed E-state index contributed by atoms with van der Waals surface area (Å²) in [4.78, 5) is 36.2. The molecule has 1 aliphatic rings. The van der Waals surface area contributed by atoms with E-state index < -0.39 is 18.0 Å². The first-order valence-corrected chi connectivity index (χ1v) is 10.7. The molecule has 0 unspecified atom stereocenters. The number of benzene rings is 2. The number of aromatic nitrogens is 4. The fourth-order valence-corrected chi connectivity index (χ4v) is 4.16. The molecule has 0 fully saturated rings. The van der Waals surface area contributed by atoms with Crippen LogP contribution in [0.1, 0.15) is 37.9 Å². The highest BCUT2D eigenvalue weighted by Gasteiger charge is 2.29. The first-order chi connectivity index (χ1) is 16.9. The number of nitrogens with zero attached hydrogens (tertiary/aromatic N) is 3. The molecule has 0 spiro atoms. The summed E-state index contributed by atoms with van der Waals surface area (Å²) in [5, 5.41) is 24.4. The maximum Gasteiger partial charge on any atom is 0.412 e. The highest BCUT2D eigenvalue weighted by Crippen LogP contribution is 2.44. The second-order valence-electron chi connectivity index (χ2n) is 7.91. The molecule has 0 bridgehead atoms. The highest BCUT2D eigenvalue weighted by atomic mass is 16.5. The van der Waals surface area contributed by atoms with Gasteiger partial charge in [-0.2, -0.15) is 10.2 Å². The van der Waals surface area contributed by atoms with Gasteiger partial charge in [0.15, 0.2) is 5.82 Å². The van der Waals surface area contributed by atoms with Gasteiger partial charge < -0.3 is 15.2 Å². The normalized spacial score (nSPS) is 12.0. The quantitative estimate of drug-likeness (QED) is 0.335. The molecule has 4 aromatic rings. The Bertz CT molecular complexity index is 1410. The molecule has 4 N–H and O–H groups in total. The van der Waals surface area contributed by atoms with Gasteiger partial charge in [-0.1, -0.05) is 48.5 Å². The van der Waals surface area contributed by atoms with Crippen molar-refractivity contribution in [3.63, 3.8) is 0 Å². The number of aryl methyl sites for hydroxylation is 1. The largest absolute Gasteiger partial charge is 0.477 e. The van der Waals surface area contributed by atoms with Gasteiger partial charge in [-0.25, -0.2) is 9.59 Å². The summed E-state index contributed by atoms with van der Waals surface area (Å²) < 4.78 is 6.70. The summed E-state index contributed by atoms with van der Waals surface area (Å²) >= 11 is 0. The number of amides is 2. The van der Waals surface area contributed by atoms with E-state index in [4.69, 9.17) is 4.74 Å². The van der Waals surface area contributed by atoms with Gasteiger partial charge in [0.1, 0.15) is 23.7 Å². The zero-order valence-electron chi connectivity index (χ0n) is 18.5. The number of nitrogens with one attached hydrogen (secondary N) is 3. The smallest absolute Gasteiger partial charge is 0.412 e. The maximum atomic E-state index is 12.5. The Hall–Kier alpha value is -4.93. The van der Waals surface area contributed by atoms with E-state index in [1.807, 2.05) is 36.4 Å². The summed E-state index contributed by atoms with van der Waals surface area (Å²) in [5.74, 6) is -1.87. The van der Waals surface area contributed by atoms with Crippen LogP contribution in [-0.4, -0.2) is 49.7 Å². The zero-order chi connectivity index (χ0) is 24.5. The predicted octanol–water partition coefficient (Wildman–Crippen LogP) is 3.45. The molecule has 2 heterocycles. The number of carbonyl (C=O) groups is 3. The van der Waals surface area contributed by atoms with Crippen LogP contribution in [0.4, 0.5) is 16.4 Å². The van der Waals surface area contributed by atoms with Crippen molar-refractivity contribution in [1.29, 1.82) is 0 Å². The first kappa shape index (κ1) is 21.9. The molecule has 2 aromatic heterocycles. The van der Waals surface area contributed by atoms with Gasteiger partial charge in [0.2, 0.25) is 0 Å². The molecular weight excluding hydrogens is 452 g/mol. The lowest BCUT2D eigenvalue weighted by molar-refractivity contribution is 0.0698. The number of hydrogen-bond donors (Lipinski definition) is 4. The molecule has 0 aliphatic heterocycles. The number of anilines is 2. The van der Waals surface area contributed by atoms with Gasteiger partial charge in [0, 0.05) is 19.0 Å². The van der Waals surface area contributed by atoms with Crippen molar-refractivity contribution in [3.8, 4) is 11.1 Å². The minimum absolute atomic E-state index is 0.0106. The number of aromatic carboxylic acids is 1. The molecule has 0 atom stereocenters. The molecule has 0 radical (unpaired) electrons. The number of aromatic amines is 1. The Balaban J connectivity index is 1.22. The van der Waals surface area contributed by atoms with Crippen LogP contribution in [0.2, 0.25) is 0 Å². The summed E-state index contributed by atoms with van der Waals surface area (Å²) in [7, 11) is 1.50. The van der Waals surface area contributed by atoms with E-state index in [1.54, 1.807) is 0 Å². The van der Waals surface area contributed by atoms with Crippen molar-refractivity contribution in [1.82, 2.24) is 20.0 Å². The molecule has 11 heteroatoms. The Labute approximate surface area is 198 Å². The average molecular weight is 472 g/mol. The van der Waals surface area contributed by atoms with E-state index >= 15 is 0 Å². The van der Waals surface area contributed by atoms with Crippen LogP contribution in [0.25, 0.3) is 11.1 Å². The SMILES string of the molecule is Cn1ncc(C(=O)O)c1NC(=O)c1cc(NC(=O)OCC2c3ccccc3-c3ccccc32)n[nH]1. The number of hydrogen-bond acceptors (Lipinski definition) is 6. The molecule has 2 amide bonds. The van der Waals surface area contributed by atoms with Crippen LogP contribution in [0.15, 0.2) is 60.8 Å². The van der Waals surface area contributed by atoms with Crippen LogP contribution < -0.4 is 10.6 Å². The van der Waals surface area contributed by atoms with Crippen molar-refractivity contribution in [2.45, 2.75) is 5.92 Å². The van der Waals surface area contributed by atoms with E-state index in [-0.39, 0.29) is 35.4 Å². The van der Waals surface area contributed by atoms with Crippen molar-refractivity contribution in [2.24, 2.45) is 7.05 Å². The number of H-pyrrole nitrogens is 1. The van der Waals surface area contributed by atoms with Gasteiger partial charge in [0.25, 0.3) is 5.91 Å². The van der Waals surface area contributed by atoms with Crippen LogP contribution in [-0.2, 0) is 11.8 Å². The van der Waals surface area contributed by atoms with Gasteiger partial charge in [-0.15, -0.1) is 0 Å². The fourth-order valence-electron chi connectivity index (χ4n) is 4.16. The maximum absolute atomic E-state index is 12.5. The van der Waals surface area contributed by atoms with E-state index in [2.05, 4.69) is 38.1 Å². The highest BCUT2D eigenvalue weighted by molar-refractivity contribution is 6.06. The van der Waals surface area contributed by atoms with Crippen LogP contribution in [0.5, 0.6) is 0 Å². The molecule has 5 rings (SSSR count). The Kier molecular flexibility index (Phi) is 5.49. The Morgan fingerprint density at radius 1 is 1.06 bits per heavy atom. The molecule has 2 aromatic carbocycles. The van der Waals surface area contributed by atoms with Crippen molar-refractivity contribution >= 4 is 29.6 Å². The second-order valence-corrected chi connectivity index (χ2v) is 7.91. The Morgan fingerprint density at radius 3 is 2.37 bits per heavy atom. The number of carboxylic acid groups (broad SMARTS) is 1. The molecular formula is C24H20N6O5. The topological polar surface area (TPSA) is 151 Å². The average Bonchev–Trinajstić information content (AvgIpc) is 3.54. The third-order valence-electron chi connectivity index (χ3n) is 5.80. The second kappa shape index (κ2) is 8.78. The third-order valence-corrected chi connectivity index (χ3v) is 5.80. The monoisotopic (exact) mass is 472 g/mol. The lowest BCUT2D eigenvalue weighted by Crippen LogP contribution is -2.18. The molecule has 0 saturated heterocycles. The number of fused-ring (bicyclic) bond motifs is 3. The van der Waals surface area contributed by atoms with Crippen LogP contribution in [0, 0.1) is 0 Å². The van der Waals surface area contributed by atoms with Gasteiger partial charge in [0.05, 0.1) is 6.20 Å². The number of carbonyl (C=O) groups excluding carboxylic acids is 2. The zero-order valence-corrected chi connectivity index (χ0v) is 18.5. The van der Waals surface area contributed by atoms with Gasteiger partial charge in [-0.3, -0.25) is 19.9 Å². The number of carboxylic acids is 1. The molecule has 1 aliphatic carbocycles.